The van der Waals surface area contributed by atoms with Crippen molar-refractivity contribution < 1.29 is 19.4 Å². The lowest BCUT2D eigenvalue weighted by atomic mass is 10.1. The van der Waals surface area contributed by atoms with Crippen LogP contribution in [0.4, 0.5) is 0 Å². The van der Waals surface area contributed by atoms with Gasteiger partial charge in [-0.1, -0.05) is 134 Å². The molecule has 40 heavy (non-hydrogen) atoms. The Morgan fingerprint density at radius 1 is 0.500 bits per heavy atom. The molecule has 0 radical (unpaired) electrons. The number of ether oxygens (including phenoxy) is 1. The lowest BCUT2D eigenvalue weighted by Gasteiger charge is -2.02. The maximum atomic E-state index is 10.6. The average Bonchev–Trinajstić information content (AvgIpc) is 2.93. The Balaban J connectivity index is 0. The number of esters is 1. The zero-order valence-corrected chi connectivity index (χ0v) is 26.8. The summed E-state index contributed by atoms with van der Waals surface area (Å²) in [5.41, 5.74) is 0. The second-order valence-electron chi connectivity index (χ2n) is 10.9. The molecule has 1 N–H and O–H groups in total. The van der Waals surface area contributed by atoms with Crippen molar-refractivity contribution in [3.8, 4) is 0 Å². The first-order valence-corrected chi connectivity index (χ1v) is 16.8. The number of carbonyl (C=O) groups is 2. The van der Waals surface area contributed by atoms with Gasteiger partial charge in [0.15, 0.2) is 0 Å². The van der Waals surface area contributed by atoms with Gasteiger partial charge < -0.3 is 9.84 Å². The number of allylic oxidation sites excluding steroid dienone is 6. The summed E-state index contributed by atoms with van der Waals surface area (Å²) in [6, 6.07) is 0. The Labute approximate surface area is 249 Å². The normalized spacial score (nSPS) is 11.4. The highest BCUT2D eigenvalue weighted by atomic mass is 16.5. The number of aliphatic carboxylic acids is 1. The van der Waals surface area contributed by atoms with Gasteiger partial charge in [-0.3, -0.25) is 9.59 Å². The summed E-state index contributed by atoms with van der Waals surface area (Å²) in [5, 5.41) is 8.50. The van der Waals surface area contributed by atoms with E-state index in [9.17, 15) is 9.59 Å². The van der Waals surface area contributed by atoms with Crippen LogP contribution in [0.1, 0.15) is 175 Å². The molecule has 0 aliphatic rings. The predicted octanol–water partition coefficient (Wildman–Crippen LogP) is 11.7. The number of rotatable bonds is 28. The number of carboxylic acid groups (broad SMARTS) is 1. The SMILES string of the molecule is CCCC/C=C/CCCCCCCCCCOC(C)=O.CCCC/C=C\CC/C=C\CCCCCCCC(=O)O. The first kappa shape index (κ1) is 40.3. The van der Waals surface area contributed by atoms with Gasteiger partial charge in [-0.2, -0.15) is 0 Å². The van der Waals surface area contributed by atoms with Gasteiger partial charge in [0.05, 0.1) is 6.61 Å². The van der Waals surface area contributed by atoms with Crippen molar-refractivity contribution in [3.05, 3.63) is 36.5 Å². The highest BCUT2D eigenvalue weighted by molar-refractivity contribution is 5.66. The fourth-order valence-electron chi connectivity index (χ4n) is 4.25. The van der Waals surface area contributed by atoms with Crippen LogP contribution in [-0.4, -0.2) is 23.7 Å². The standard InChI is InChI=1S/C18H34O2.C18H32O2/c1-3-4-5-6-7-8-9-10-11-12-13-14-15-16-17-20-18(2)19;1-2-3-4-5-6-7-8-9-10-11-12-13-14-15-16-17-18(19)20/h6-7H,3-5,8-17H2,1-2H3;5-6,9-10H,2-4,7-8,11-17H2,1H3,(H,19,20)/b7-6+;6-5-,10-9-. The molecule has 234 valence electrons. The first-order valence-electron chi connectivity index (χ1n) is 16.8. The Morgan fingerprint density at radius 3 is 1.25 bits per heavy atom. The van der Waals surface area contributed by atoms with E-state index in [1.807, 2.05) is 0 Å². The summed E-state index contributed by atoms with van der Waals surface area (Å²) in [6.45, 7) is 6.53. The third kappa shape index (κ3) is 43.2. The van der Waals surface area contributed by atoms with Crippen molar-refractivity contribution in [3.63, 3.8) is 0 Å². The lowest BCUT2D eigenvalue weighted by molar-refractivity contribution is -0.141. The Hall–Kier alpha value is -1.84. The molecule has 0 rings (SSSR count). The van der Waals surface area contributed by atoms with Gasteiger partial charge in [0, 0.05) is 13.3 Å². The van der Waals surface area contributed by atoms with E-state index in [0.29, 0.717) is 13.0 Å². The number of hydrogen-bond donors (Lipinski definition) is 1. The van der Waals surface area contributed by atoms with Crippen LogP contribution in [0.15, 0.2) is 36.5 Å². The average molecular weight is 563 g/mol. The van der Waals surface area contributed by atoms with Crippen molar-refractivity contribution in [1.82, 2.24) is 0 Å². The van der Waals surface area contributed by atoms with Gasteiger partial charge >= 0.3 is 11.9 Å². The van der Waals surface area contributed by atoms with Crippen molar-refractivity contribution in [2.75, 3.05) is 6.61 Å². The highest BCUT2D eigenvalue weighted by Gasteiger charge is 1.96. The van der Waals surface area contributed by atoms with Gasteiger partial charge in [0.1, 0.15) is 0 Å². The molecule has 0 fully saturated rings. The molecule has 0 aromatic carbocycles. The number of hydrogen-bond acceptors (Lipinski definition) is 3. The van der Waals surface area contributed by atoms with Crippen molar-refractivity contribution in [2.45, 2.75) is 175 Å². The number of unbranched alkanes of at least 4 members (excludes halogenated alkanes) is 18. The Morgan fingerprint density at radius 2 is 0.850 bits per heavy atom. The molecule has 4 heteroatoms. The topological polar surface area (TPSA) is 63.6 Å². The minimum Gasteiger partial charge on any atom is -0.481 e. The molecule has 0 aliphatic heterocycles. The highest BCUT2D eigenvalue weighted by Crippen LogP contribution is 2.11. The van der Waals surface area contributed by atoms with Crippen LogP contribution in [0.3, 0.4) is 0 Å². The second kappa shape index (κ2) is 37.2. The molecule has 0 bridgehead atoms. The van der Waals surface area contributed by atoms with E-state index in [0.717, 1.165) is 32.1 Å². The largest absolute Gasteiger partial charge is 0.481 e. The van der Waals surface area contributed by atoms with E-state index in [1.165, 1.54) is 122 Å². The van der Waals surface area contributed by atoms with E-state index < -0.39 is 5.97 Å². The monoisotopic (exact) mass is 562 g/mol. The summed E-state index contributed by atoms with van der Waals surface area (Å²) < 4.78 is 4.90. The lowest BCUT2D eigenvalue weighted by Crippen LogP contribution is -2.00. The van der Waals surface area contributed by atoms with E-state index in [2.05, 4.69) is 50.3 Å². The number of carboxylic acids is 1. The second-order valence-corrected chi connectivity index (χ2v) is 10.9. The molecule has 0 aromatic rings. The van der Waals surface area contributed by atoms with Gasteiger partial charge in [-0.05, 0) is 64.2 Å². The van der Waals surface area contributed by atoms with Crippen molar-refractivity contribution in [2.24, 2.45) is 0 Å². The van der Waals surface area contributed by atoms with E-state index in [1.54, 1.807) is 0 Å². The zero-order chi connectivity index (χ0) is 29.8. The van der Waals surface area contributed by atoms with Gasteiger partial charge in [-0.15, -0.1) is 0 Å². The molecule has 0 aromatic heterocycles. The summed E-state index contributed by atoms with van der Waals surface area (Å²) in [4.78, 5) is 20.9. The zero-order valence-electron chi connectivity index (χ0n) is 26.8. The maximum absolute atomic E-state index is 10.6. The molecular weight excluding hydrogens is 496 g/mol. The van der Waals surface area contributed by atoms with Crippen LogP contribution in [0.5, 0.6) is 0 Å². The van der Waals surface area contributed by atoms with Crippen LogP contribution in [0.2, 0.25) is 0 Å². The van der Waals surface area contributed by atoms with Crippen LogP contribution < -0.4 is 0 Å². The first-order chi connectivity index (χ1) is 19.5. The molecule has 0 spiro atoms. The van der Waals surface area contributed by atoms with Gasteiger partial charge in [-0.25, -0.2) is 0 Å². The third-order valence-corrected chi connectivity index (χ3v) is 6.78. The quantitative estimate of drug-likeness (QED) is 0.0585. The maximum Gasteiger partial charge on any atom is 0.303 e. The minimum absolute atomic E-state index is 0.159. The van der Waals surface area contributed by atoms with Crippen LogP contribution in [0.25, 0.3) is 0 Å². The molecule has 0 saturated carbocycles. The van der Waals surface area contributed by atoms with E-state index in [-0.39, 0.29) is 5.97 Å². The minimum atomic E-state index is -0.670. The van der Waals surface area contributed by atoms with Gasteiger partial charge in [0.25, 0.3) is 0 Å². The Bertz CT molecular complexity index is 606. The molecule has 4 nitrogen and oxygen atoms in total. The Kier molecular flexibility index (Phi) is 37.4. The van der Waals surface area contributed by atoms with Crippen molar-refractivity contribution >= 4 is 11.9 Å². The summed E-state index contributed by atoms with van der Waals surface area (Å²) >= 11 is 0. The summed E-state index contributed by atoms with van der Waals surface area (Å²) in [7, 11) is 0. The molecule has 0 atom stereocenters. The third-order valence-electron chi connectivity index (χ3n) is 6.78. The molecule has 0 aliphatic carbocycles. The van der Waals surface area contributed by atoms with E-state index in [4.69, 9.17) is 9.84 Å². The van der Waals surface area contributed by atoms with Crippen molar-refractivity contribution in [1.29, 1.82) is 0 Å². The van der Waals surface area contributed by atoms with Crippen LogP contribution in [0, 0.1) is 0 Å². The smallest absolute Gasteiger partial charge is 0.303 e. The van der Waals surface area contributed by atoms with Crippen LogP contribution in [-0.2, 0) is 14.3 Å². The summed E-state index contributed by atoms with van der Waals surface area (Å²) in [5.74, 6) is -0.828. The summed E-state index contributed by atoms with van der Waals surface area (Å²) in [6.07, 6.45) is 42.4. The van der Waals surface area contributed by atoms with E-state index >= 15 is 0 Å². The molecule has 0 heterocycles. The number of carbonyl (C=O) groups excluding carboxylic acids is 1. The fraction of sp³-hybridized carbons (Fsp3) is 0.778. The molecule has 0 amide bonds. The molecular formula is C36H66O4. The molecule has 0 unspecified atom stereocenters. The van der Waals surface area contributed by atoms with Gasteiger partial charge in [0.2, 0.25) is 0 Å². The van der Waals surface area contributed by atoms with Crippen LogP contribution >= 0.6 is 0 Å². The molecule has 0 saturated heterocycles. The predicted molar refractivity (Wildman–Crippen MR) is 174 cm³/mol. The fourth-order valence-corrected chi connectivity index (χ4v) is 4.25.